The van der Waals surface area contributed by atoms with Crippen LogP contribution in [0.5, 0.6) is 0 Å². The molecule has 2 heteroatoms. The number of ketones is 1. The Bertz CT molecular complexity index is 223. The highest BCUT2D eigenvalue weighted by molar-refractivity contribution is 5.86. The molecule has 0 aliphatic carbocycles. The van der Waals surface area contributed by atoms with Gasteiger partial charge in [0.2, 0.25) is 0 Å². The van der Waals surface area contributed by atoms with Gasteiger partial charge in [-0.3, -0.25) is 4.79 Å². The Morgan fingerprint density at radius 1 is 1.19 bits per heavy atom. The van der Waals surface area contributed by atoms with Crippen LogP contribution in [0.25, 0.3) is 0 Å². The normalized spacial score (nSPS) is 23.1. The molecule has 0 amide bonds. The summed E-state index contributed by atoms with van der Waals surface area (Å²) in [6.07, 6.45) is 11.0. The topological polar surface area (TPSA) is 29.6 Å². The number of unbranched alkanes of at least 4 members (excludes halogenated alkanes) is 6. The third-order valence-corrected chi connectivity index (χ3v) is 3.10. The second-order valence-electron chi connectivity index (χ2n) is 4.59. The van der Waals surface area contributed by atoms with E-state index >= 15 is 0 Å². The maximum absolute atomic E-state index is 11.5. The maximum Gasteiger partial charge on any atom is 0.164 e. The Kier molecular flexibility index (Phi) is 6.39. The molecule has 0 spiro atoms. The highest BCUT2D eigenvalue weighted by atomic mass is 16.6. The fourth-order valence-corrected chi connectivity index (χ4v) is 1.96. The van der Waals surface area contributed by atoms with E-state index in [2.05, 4.69) is 13.5 Å². The summed E-state index contributed by atoms with van der Waals surface area (Å²) in [7, 11) is 0. The molecule has 1 aliphatic heterocycles. The van der Waals surface area contributed by atoms with Crippen molar-refractivity contribution in [1.82, 2.24) is 0 Å². The second kappa shape index (κ2) is 7.61. The van der Waals surface area contributed by atoms with E-state index in [4.69, 9.17) is 4.74 Å². The molecule has 0 bridgehead atoms. The van der Waals surface area contributed by atoms with Gasteiger partial charge in [-0.1, -0.05) is 51.5 Å². The van der Waals surface area contributed by atoms with Crippen molar-refractivity contribution in [2.45, 2.75) is 70.5 Å². The van der Waals surface area contributed by atoms with Gasteiger partial charge in [0.1, 0.15) is 12.2 Å². The van der Waals surface area contributed by atoms with E-state index in [9.17, 15) is 4.79 Å². The minimum atomic E-state index is -0.155. The van der Waals surface area contributed by atoms with E-state index in [1.165, 1.54) is 38.5 Å². The summed E-state index contributed by atoms with van der Waals surface area (Å²) in [6.45, 7) is 5.84. The molecule has 0 saturated carbocycles. The molecule has 1 fully saturated rings. The zero-order chi connectivity index (χ0) is 11.8. The van der Waals surface area contributed by atoms with Gasteiger partial charge in [0.05, 0.1) is 0 Å². The summed E-state index contributed by atoms with van der Waals surface area (Å²) in [5.74, 6) is 0.262. The van der Waals surface area contributed by atoms with E-state index in [1.807, 2.05) is 0 Å². The van der Waals surface area contributed by atoms with Crippen LogP contribution in [-0.2, 0) is 9.53 Å². The molecule has 2 atom stereocenters. The van der Waals surface area contributed by atoms with Gasteiger partial charge in [-0.05, 0) is 6.42 Å². The van der Waals surface area contributed by atoms with Gasteiger partial charge in [-0.2, -0.15) is 0 Å². The van der Waals surface area contributed by atoms with Crippen molar-refractivity contribution < 1.29 is 9.53 Å². The fraction of sp³-hybridized carbons (Fsp3) is 0.786. The molecule has 1 saturated heterocycles. The Morgan fingerprint density at radius 2 is 1.81 bits per heavy atom. The molecule has 0 aromatic rings. The van der Waals surface area contributed by atoms with Gasteiger partial charge in [-0.25, -0.2) is 0 Å². The van der Waals surface area contributed by atoms with Gasteiger partial charge in [0.15, 0.2) is 5.78 Å². The van der Waals surface area contributed by atoms with Gasteiger partial charge in [0, 0.05) is 6.42 Å². The largest absolute Gasteiger partial charge is 0.357 e. The number of ether oxygens (including phenoxy) is 1. The highest BCUT2D eigenvalue weighted by Crippen LogP contribution is 2.25. The molecule has 1 heterocycles. The van der Waals surface area contributed by atoms with E-state index in [1.54, 1.807) is 6.08 Å². The molecule has 0 radical (unpaired) electrons. The number of rotatable bonds is 10. The van der Waals surface area contributed by atoms with Crippen molar-refractivity contribution in [2.24, 2.45) is 0 Å². The van der Waals surface area contributed by atoms with E-state index in [-0.39, 0.29) is 18.0 Å². The summed E-state index contributed by atoms with van der Waals surface area (Å²) >= 11 is 0. The Morgan fingerprint density at radius 3 is 2.38 bits per heavy atom. The molecule has 2 nitrogen and oxygen atoms in total. The van der Waals surface area contributed by atoms with Gasteiger partial charge in [-0.15, -0.1) is 6.58 Å². The first-order chi connectivity index (χ1) is 7.79. The lowest BCUT2D eigenvalue weighted by atomic mass is 10.0. The smallest absolute Gasteiger partial charge is 0.164 e. The molecular weight excluding hydrogens is 200 g/mol. The van der Waals surface area contributed by atoms with Crippen LogP contribution in [-0.4, -0.2) is 18.0 Å². The zero-order valence-corrected chi connectivity index (χ0v) is 10.4. The summed E-state index contributed by atoms with van der Waals surface area (Å²) in [4.78, 5) is 11.5. The quantitative estimate of drug-likeness (QED) is 0.322. The fourth-order valence-electron chi connectivity index (χ4n) is 1.96. The van der Waals surface area contributed by atoms with Crippen molar-refractivity contribution in [2.75, 3.05) is 0 Å². The van der Waals surface area contributed by atoms with Crippen molar-refractivity contribution in [3.63, 3.8) is 0 Å². The second-order valence-corrected chi connectivity index (χ2v) is 4.59. The highest BCUT2D eigenvalue weighted by Gasteiger charge is 2.41. The summed E-state index contributed by atoms with van der Waals surface area (Å²) in [5, 5.41) is 0. The van der Waals surface area contributed by atoms with E-state index in [0.29, 0.717) is 6.42 Å². The maximum atomic E-state index is 11.5. The summed E-state index contributed by atoms with van der Waals surface area (Å²) in [5.41, 5.74) is 0. The van der Waals surface area contributed by atoms with Crippen LogP contribution in [0.2, 0.25) is 0 Å². The Hall–Kier alpha value is -0.630. The van der Waals surface area contributed by atoms with Crippen LogP contribution in [0, 0.1) is 0 Å². The zero-order valence-electron chi connectivity index (χ0n) is 10.4. The van der Waals surface area contributed by atoms with Crippen LogP contribution in [0.1, 0.15) is 58.3 Å². The SMILES string of the molecule is C=CC1OC1C(=O)CCCCCCCCC. The van der Waals surface area contributed by atoms with Crippen LogP contribution < -0.4 is 0 Å². The molecular formula is C14H24O2. The first-order valence-electron chi connectivity index (χ1n) is 6.60. The first-order valence-corrected chi connectivity index (χ1v) is 6.60. The molecule has 0 aromatic carbocycles. The Balaban J connectivity index is 1.88. The van der Waals surface area contributed by atoms with Crippen LogP contribution >= 0.6 is 0 Å². The number of carbonyl (C=O) groups excluding carboxylic acids is 1. The van der Waals surface area contributed by atoms with Crippen LogP contribution in [0.15, 0.2) is 12.7 Å². The standard InChI is InChI=1S/C14H24O2/c1-3-5-6-7-8-9-10-11-12(15)14-13(4-2)16-14/h4,13-14H,2-3,5-11H2,1H3. The predicted octanol–water partition coefficient (Wildman–Crippen LogP) is 3.65. The minimum absolute atomic E-state index is 0.0112. The molecule has 0 N–H and O–H groups in total. The summed E-state index contributed by atoms with van der Waals surface area (Å²) in [6, 6.07) is 0. The minimum Gasteiger partial charge on any atom is -0.357 e. The molecule has 1 rings (SSSR count). The average Bonchev–Trinajstić information content (AvgIpc) is 3.07. The number of carbonyl (C=O) groups is 1. The number of hydrogen-bond acceptors (Lipinski definition) is 2. The lowest BCUT2D eigenvalue weighted by molar-refractivity contribution is -0.120. The monoisotopic (exact) mass is 224 g/mol. The van der Waals surface area contributed by atoms with Crippen molar-refractivity contribution in [3.05, 3.63) is 12.7 Å². The molecule has 1 aliphatic rings. The third kappa shape index (κ3) is 4.93. The molecule has 16 heavy (non-hydrogen) atoms. The van der Waals surface area contributed by atoms with Crippen molar-refractivity contribution in [1.29, 1.82) is 0 Å². The average molecular weight is 224 g/mol. The molecule has 2 unspecified atom stereocenters. The van der Waals surface area contributed by atoms with E-state index < -0.39 is 0 Å². The van der Waals surface area contributed by atoms with Crippen molar-refractivity contribution in [3.8, 4) is 0 Å². The van der Waals surface area contributed by atoms with E-state index in [0.717, 1.165) is 6.42 Å². The predicted molar refractivity (Wildman–Crippen MR) is 66.5 cm³/mol. The molecule has 92 valence electrons. The number of Topliss-reactive ketones (excluding diaryl/α,β-unsaturated/α-hetero) is 1. The van der Waals surface area contributed by atoms with Gasteiger partial charge in [0.25, 0.3) is 0 Å². The van der Waals surface area contributed by atoms with Crippen LogP contribution in [0.4, 0.5) is 0 Å². The lowest BCUT2D eigenvalue weighted by Gasteiger charge is -2.00. The Labute approximate surface area is 99.1 Å². The van der Waals surface area contributed by atoms with Gasteiger partial charge >= 0.3 is 0 Å². The van der Waals surface area contributed by atoms with Crippen molar-refractivity contribution >= 4 is 5.78 Å². The van der Waals surface area contributed by atoms with Crippen LogP contribution in [0.3, 0.4) is 0 Å². The third-order valence-electron chi connectivity index (χ3n) is 3.10. The van der Waals surface area contributed by atoms with Gasteiger partial charge < -0.3 is 4.74 Å². The molecule has 0 aromatic heterocycles. The number of hydrogen-bond donors (Lipinski definition) is 0. The number of epoxide rings is 1. The summed E-state index contributed by atoms with van der Waals surface area (Å²) < 4.78 is 5.17. The lowest BCUT2D eigenvalue weighted by Crippen LogP contribution is -2.08. The first kappa shape index (κ1) is 13.4.